The molecule has 0 saturated carbocycles. The number of amides is 1. The van der Waals surface area contributed by atoms with Gasteiger partial charge in [0, 0.05) is 19.3 Å². The van der Waals surface area contributed by atoms with Gasteiger partial charge in [0.15, 0.2) is 0 Å². The van der Waals surface area contributed by atoms with Crippen molar-refractivity contribution >= 4 is 17.2 Å². The van der Waals surface area contributed by atoms with Gasteiger partial charge in [-0.15, -0.1) is 0 Å². The van der Waals surface area contributed by atoms with Gasteiger partial charge in [-0.1, -0.05) is 11.1 Å². The first-order valence-electron chi connectivity index (χ1n) is 4.22. The van der Waals surface area contributed by atoms with Crippen LogP contribution in [0.1, 0.15) is 20.8 Å². The molecule has 0 fully saturated rings. The van der Waals surface area contributed by atoms with Crippen LogP contribution >= 0.6 is 0 Å². The monoisotopic (exact) mass is 245 g/mol. The number of rotatable bonds is 3. The van der Waals surface area contributed by atoms with Crippen molar-refractivity contribution in [3.05, 3.63) is 0 Å². The van der Waals surface area contributed by atoms with Crippen molar-refractivity contribution in [2.45, 2.75) is 26.4 Å². The molecule has 0 aliphatic carbocycles. The Morgan fingerprint density at radius 1 is 1.47 bits per heavy atom. The van der Waals surface area contributed by atoms with Crippen LogP contribution < -0.4 is 29.6 Å². The van der Waals surface area contributed by atoms with Crippen molar-refractivity contribution in [3.8, 4) is 0 Å². The summed E-state index contributed by atoms with van der Waals surface area (Å²) in [6, 6.07) is 0. The molecule has 84 valence electrons. The minimum atomic E-state index is -2.13. The Morgan fingerprint density at radius 3 is 2.27 bits per heavy atom. The molecule has 0 N–H and O–H groups in total. The number of hydrogen-bond donors (Lipinski definition) is 0. The number of hydrogen-bond acceptors (Lipinski definition) is 4. The van der Waals surface area contributed by atoms with E-state index in [0.717, 1.165) is 0 Å². The Hall–Kier alpha value is 0.380. The molecule has 0 aromatic heterocycles. The summed E-state index contributed by atoms with van der Waals surface area (Å²) in [5.74, 6) is -0.0737. The first-order chi connectivity index (χ1) is 6.22. The molecular weight excluding hydrogens is 229 g/mol. The molecule has 0 heterocycles. The van der Waals surface area contributed by atoms with Gasteiger partial charge in [0.2, 0.25) is 0 Å². The quantitative estimate of drug-likeness (QED) is 0.415. The maximum absolute atomic E-state index is 11.3. The van der Waals surface area contributed by atoms with E-state index in [9.17, 15) is 13.6 Å². The zero-order chi connectivity index (χ0) is 11.4. The third-order valence-corrected chi connectivity index (χ3v) is 1.81. The van der Waals surface area contributed by atoms with Crippen LogP contribution in [0.3, 0.4) is 0 Å². The standard InChI is InChI=1S/C8H17NO4S.Na/c1-8(2,3)13-7(10)9(4)5-6-14(11)12;/h5-6H2,1-4H3,(H,11,12);/q;+1/p-1. The molecule has 5 nitrogen and oxygen atoms in total. The molecular formula is C8H16NNaO4S. The normalized spacial score (nSPS) is 12.6. The summed E-state index contributed by atoms with van der Waals surface area (Å²) in [4.78, 5) is 12.5. The smallest absolute Gasteiger partial charge is 0.772 e. The van der Waals surface area contributed by atoms with E-state index in [1.54, 1.807) is 20.8 Å². The van der Waals surface area contributed by atoms with Crippen molar-refractivity contribution in [3.63, 3.8) is 0 Å². The van der Waals surface area contributed by atoms with Crippen LogP contribution in [0.4, 0.5) is 4.79 Å². The Balaban J connectivity index is 0. The summed E-state index contributed by atoms with van der Waals surface area (Å²) >= 11 is -2.13. The van der Waals surface area contributed by atoms with E-state index in [-0.39, 0.29) is 41.9 Å². The predicted octanol–water partition coefficient (Wildman–Crippen LogP) is -2.26. The first kappa shape index (κ1) is 17.8. The molecule has 7 heteroatoms. The molecule has 1 unspecified atom stereocenters. The fraction of sp³-hybridized carbons (Fsp3) is 0.875. The average Bonchev–Trinajstić information content (AvgIpc) is 1.96. The molecule has 0 rings (SSSR count). The van der Waals surface area contributed by atoms with Crippen molar-refractivity contribution in [2.75, 3.05) is 19.3 Å². The van der Waals surface area contributed by atoms with Gasteiger partial charge >= 0.3 is 35.7 Å². The fourth-order valence-electron chi connectivity index (χ4n) is 0.643. The maximum Gasteiger partial charge on any atom is 1.00 e. The van der Waals surface area contributed by atoms with Crippen molar-refractivity contribution in [2.24, 2.45) is 0 Å². The fourth-order valence-corrected chi connectivity index (χ4v) is 1.07. The third-order valence-electron chi connectivity index (χ3n) is 1.30. The summed E-state index contributed by atoms with van der Waals surface area (Å²) in [5.41, 5.74) is -0.554. The van der Waals surface area contributed by atoms with Gasteiger partial charge < -0.3 is 14.2 Å². The molecule has 0 bridgehead atoms. The van der Waals surface area contributed by atoms with Crippen LogP contribution in [0.5, 0.6) is 0 Å². The average molecular weight is 245 g/mol. The van der Waals surface area contributed by atoms with E-state index in [0.29, 0.717) is 0 Å². The second-order valence-corrected chi connectivity index (χ2v) is 4.93. The summed E-state index contributed by atoms with van der Waals surface area (Å²) in [6.07, 6.45) is -0.511. The molecule has 0 aliphatic rings. The summed E-state index contributed by atoms with van der Waals surface area (Å²) in [6.45, 7) is 5.41. The Labute approximate surface area is 115 Å². The Bertz CT molecular complexity index is 229. The van der Waals surface area contributed by atoms with Crippen LogP contribution in [0, 0.1) is 0 Å². The van der Waals surface area contributed by atoms with E-state index in [2.05, 4.69) is 0 Å². The number of carbonyl (C=O) groups is 1. The van der Waals surface area contributed by atoms with Crippen LogP contribution in [0.25, 0.3) is 0 Å². The molecule has 0 aromatic rings. The minimum Gasteiger partial charge on any atom is -0.772 e. The third kappa shape index (κ3) is 10.7. The van der Waals surface area contributed by atoms with Crippen molar-refractivity contribution < 1.29 is 47.9 Å². The summed E-state index contributed by atoms with van der Waals surface area (Å²) < 4.78 is 25.5. The largest absolute Gasteiger partial charge is 1.00 e. The molecule has 0 spiro atoms. The molecule has 15 heavy (non-hydrogen) atoms. The van der Waals surface area contributed by atoms with Gasteiger partial charge in [0.1, 0.15) is 5.60 Å². The van der Waals surface area contributed by atoms with Crippen LogP contribution in [-0.4, -0.2) is 44.7 Å². The first-order valence-corrected chi connectivity index (χ1v) is 5.47. The van der Waals surface area contributed by atoms with Gasteiger partial charge in [-0.25, -0.2) is 4.79 Å². The molecule has 0 radical (unpaired) electrons. The summed E-state index contributed by atoms with van der Waals surface area (Å²) in [5, 5.41) is 0. The minimum absolute atomic E-state index is 0. The number of ether oxygens (including phenoxy) is 1. The van der Waals surface area contributed by atoms with Gasteiger partial charge in [-0.05, 0) is 20.8 Å². The Kier molecular flexibility index (Phi) is 9.03. The summed E-state index contributed by atoms with van der Waals surface area (Å²) in [7, 11) is 1.50. The van der Waals surface area contributed by atoms with E-state index in [1.165, 1.54) is 11.9 Å². The van der Waals surface area contributed by atoms with Gasteiger partial charge in [0.05, 0.1) is 0 Å². The van der Waals surface area contributed by atoms with E-state index < -0.39 is 22.8 Å². The molecule has 0 aromatic carbocycles. The topological polar surface area (TPSA) is 69.7 Å². The van der Waals surface area contributed by atoms with Gasteiger partial charge in [-0.2, -0.15) is 0 Å². The van der Waals surface area contributed by atoms with E-state index in [4.69, 9.17) is 4.74 Å². The zero-order valence-electron chi connectivity index (χ0n) is 9.90. The van der Waals surface area contributed by atoms with Crippen molar-refractivity contribution in [1.29, 1.82) is 0 Å². The van der Waals surface area contributed by atoms with E-state index in [1.807, 2.05) is 0 Å². The predicted molar refractivity (Wildman–Crippen MR) is 52.7 cm³/mol. The molecule has 0 saturated heterocycles. The van der Waals surface area contributed by atoms with Crippen LogP contribution in [-0.2, 0) is 15.8 Å². The van der Waals surface area contributed by atoms with E-state index >= 15 is 0 Å². The SMILES string of the molecule is CN(CCS(=O)[O-])C(=O)OC(C)(C)C.[Na+]. The molecule has 0 aliphatic heterocycles. The van der Waals surface area contributed by atoms with Crippen LogP contribution in [0.2, 0.25) is 0 Å². The zero-order valence-corrected chi connectivity index (χ0v) is 12.7. The maximum atomic E-state index is 11.3. The number of nitrogens with zero attached hydrogens (tertiary/aromatic N) is 1. The van der Waals surface area contributed by atoms with Crippen LogP contribution in [0.15, 0.2) is 0 Å². The van der Waals surface area contributed by atoms with Crippen molar-refractivity contribution in [1.82, 2.24) is 4.90 Å². The van der Waals surface area contributed by atoms with Gasteiger partial charge in [-0.3, -0.25) is 4.21 Å². The number of carbonyl (C=O) groups excluding carboxylic acids is 1. The second-order valence-electron chi connectivity index (χ2n) is 3.91. The molecule has 1 atom stereocenters. The second kappa shape index (κ2) is 7.62. The Morgan fingerprint density at radius 2 is 1.93 bits per heavy atom. The van der Waals surface area contributed by atoms with Gasteiger partial charge in [0.25, 0.3) is 0 Å². The molecule has 1 amide bonds.